The third-order valence-electron chi connectivity index (χ3n) is 4.73. The van der Waals surface area contributed by atoms with Crippen LogP contribution in [0.4, 0.5) is 0 Å². The van der Waals surface area contributed by atoms with Gasteiger partial charge in [0, 0.05) is 5.56 Å². The molecule has 0 saturated heterocycles. The Morgan fingerprint density at radius 3 is 2.52 bits per heavy atom. The fourth-order valence-corrected chi connectivity index (χ4v) is 3.25. The fourth-order valence-electron chi connectivity index (χ4n) is 3.25. The normalized spacial score (nSPS) is 12.7. The zero-order chi connectivity index (χ0) is 19.9. The second kappa shape index (κ2) is 9.06. The Hall–Kier alpha value is -3.60. The summed E-state index contributed by atoms with van der Waals surface area (Å²) >= 11 is 0. The smallest absolute Gasteiger partial charge is 0.271 e. The first-order valence-electron chi connectivity index (χ1n) is 9.64. The van der Waals surface area contributed by atoms with Crippen LogP contribution in [-0.2, 0) is 12.8 Å². The van der Waals surface area contributed by atoms with Gasteiger partial charge in [0.15, 0.2) is 11.5 Å². The molecular weight excluding hydrogens is 364 g/mol. The lowest BCUT2D eigenvalue weighted by molar-refractivity contribution is 0.0954. The summed E-state index contributed by atoms with van der Waals surface area (Å²) in [5.41, 5.74) is 6.34. The Labute approximate surface area is 170 Å². The van der Waals surface area contributed by atoms with Gasteiger partial charge in [0.2, 0.25) is 0 Å². The molecule has 146 valence electrons. The first-order chi connectivity index (χ1) is 14.3. The Bertz CT molecular complexity index is 1020. The van der Waals surface area contributed by atoms with Crippen LogP contribution >= 0.6 is 0 Å². The zero-order valence-corrected chi connectivity index (χ0v) is 16.0. The lowest BCUT2D eigenvalue weighted by atomic mass is 9.99. The maximum Gasteiger partial charge on any atom is 0.271 e. The lowest BCUT2D eigenvalue weighted by Crippen LogP contribution is -2.19. The topological polar surface area (TPSA) is 59.9 Å². The van der Waals surface area contributed by atoms with Crippen molar-refractivity contribution in [2.75, 3.05) is 13.2 Å². The fraction of sp³-hybridized carbons (Fsp3) is 0.167. The van der Waals surface area contributed by atoms with E-state index in [9.17, 15) is 4.79 Å². The van der Waals surface area contributed by atoms with Crippen molar-refractivity contribution in [2.24, 2.45) is 5.10 Å². The van der Waals surface area contributed by atoms with Gasteiger partial charge in [-0.25, -0.2) is 5.43 Å². The van der Waals surface area contributed by atoms with E-state index in [0.29, 0.717) is 24.5 Å². The molecule has 1 amide bonds. The van der Waals surface area contributed by atoms with Crippen molar-refractivity contribution in [2.45, 2.75) is 12.8 Å². The SMILES string of the molecule is O=C(N/N=C/c1ccc2c(c1)OCCO2)c1ccccc1CCc1ccccc1. The minimum Gasteiger partial charge on any atom is -0.486 e. The van der Waals surface area contributed by atoms with Gasteiger partial charge in [0.25, 0.3) is 5.91 Å². The number of carbonyl (C=O) groups excluding carboxylic acids is 1. The van der Waals surface area contributed by atoms with Crippen molar-refractivity contribution < 1.29 is 14.3 Å². The number of nitrogens with zero attached hydrogens (tertiary/aromatic N) is 1. The number of carbonyl (C=O) groups is 1. The van der Waals surface area contributed by atoms with Gasteiger partial charge in [0.05, 0.1) is 6.21 Å². The molecule has 0 fully saturated rings. The molecule has 3 aromatic rings. The summed E-state index contributed by atoms with van der Waals surface area (Å²) in [5.74, 6) is 1.20. The molecule has 3 aromatic carbocycles. The number of ether oxygens (including phenoxy) is 2. The molecule has 5 heteroatoms. The van der Waals surface area contributed by atoms with E-state index < -0.39 is 0 Å². The van der Waals surface area contributed by atoms with Crippen LogP contribution in [-0.4, -0.2) is 25.3 Å². The minimum atomic E-state index is -0.220. The first kappa shape index (κ1) is 18.7. The van der Waals surface area contributed by atoms with Crippen LogP contribution in [0.25, 0.3) is 0 Å². The van der Waals surface area contributed by atoms with Crippen molar-refractivity contribution in [3.8, 4) is 11.5 Å². The van der Waals surface area contributed by atoms with E-state index in [-0.39, 0.29) is 5.91 Å². The quantitative estimate of drug-likeness (QED) is 0.514. The van der Waals surface area contributed by atoms with Gasteiger partial charge in [-0.05, 0) is 53.8 Å². The molecule has 4 rings (SSSR count). The highest BCUT2D eigenvalue weighted by atomic mass is 16.6. The monoisotopic (exact) mass is 386 g/mol. The van der Waals surface area contributed by atoms with Gasteiger partial charge in [-0.2, -0.15) is 5.10 Å². The van der Waals surface area contributed by atoms with Crippen LogP contribution in [0.5, 0.6) is 11.5 Å². The van der Waals surface area contributed by atoms with Crippen molar-refractivity contribution in [1.29, 1.82) is 0 Å². The summed E-state index contributed by atoms with van der Waals surface area (Å²) in [5, 5.41) is 4.11. The standard InChI is InChI=1S/C24H22N2O3/c27-24(26-25-17-19-11-13-22-23(16-19)29-15-14-28-22)21-9-5-4-8-20(21)12-10-18-6-2-1-3-7-18/h1-9,11,13,16-17H,10,12,14-15H2,(H,26,27)/b25-17+. The Balaban J connectivity index is 1.40. The highest BCUT2D eigenvalue weighted by Crippen LogP contribution is 2.30. The molecule has 0 unspecified atom stereocenters. The van der Waals surface area contributed by atoms with E-state index in [1.165, 1.54) is 5.56 Å². The number of nitrogens with one attached hydrogen (secondary N) is 1. The number of hydrazone groups is 1. The molecule has 1 heterocycles. The van der Waals surface area contributed by atoms with Crippen LogP contribution in [0.15, 0.2) is 77.9 Å². The van der Waals surface area contributed by atoms with Gasteiger partial charge < -0.3 is 9.47 Å². The van der Waals surface area contributed by atoms with Crippen LogP contribution in [0.1, 0.15) is 27.0 Å². The zero-order valence-electron chi connectivity index (χ0n) is 16.0. The Morgan fingerprint density at radius 2 is 1.66 bits per heavy atom. The van der Waals surface area contributed by atoms with Gasteiger partial charge in [0.1, 0.15) is 13.2 Å². The second-order valence-electron chi connectivity index (χ2n) is 6.74. The van der Waals surface area contributed by atoms with Crippen molar-refractivity contribution in [1.82, 2.24) is 5.43 Å². The van der Waals surface area contributed by atoms with Crippen LogP contribution in [0, 0.1) is 0 Å². The number of fused-ring (bicyclic) bond motifs is 1. The molecule has 0 spiro atoms. The Kier molecular flexibility index (Phi) is 5.86. The summed E-state index contributed by atoms with van der Waals surface area (Å²) in [6.45, 7) is 1.09. The number of hydrogen-bond donors (Lipinski definition) is 1. The molecule has 29 heavy (non-hydrogen) atoms. The van der Waals surface area contributed by atoms with E-state index in [1.54, 1.807) is 6.21 Å². The van der Waals surface area contributed by atoms with Crippen molar-refractivity contribution in [3.63, 3.8) is 0 Å². The lowest BCUT2D eigenvalue weighted by Gasteiger charge is -2.18. The molecule has 0 aliphatic carbocycles. The van der Waals surface area contributed by atoms with E-state index in [4.69, 9.17) is 9.47 Å². The maximum atomic E-state index is 12.6. The van der Waals surface area contributed by atoms with E-state index >= 15 is 0 Å². The van der Waals surface area contributed by atoms with Gasteiger partial charge in [-0.3, -0.25) is 4.79 Å². The molecule has 1 N–H and O–H groups in total. The number of amides is 1. The second-order valence-corrected chi connectivity index (χ2v) is 6.74. The largest absolute Gasteiger partial charge is 0.486 e. The number of aryl methyl sites for hydroxylation is 2. The minimum absolute atomic E-state index is 0.220. The average molecular weight is 386 g/mol. The number of rotatable bonds is 6. The summed E-state index contributed by atoms with van der Waals surface area (Å²) < 4.78 is 11.1. The molecule has 0 saturated carbocycles. The van der Waals surface area contributed by atoms with Crippen molar-refractivity contribution >= 4 is 12.1 Å². The highest BCUT2D eigenvalue weighted by molar-refractivity contribution is 5.96. The van der Waals surface area contributed by atoms with Crippen LogP contribution in [0.3, 0.4) is 0 Å². The summed E-state index contributed by atoms with van der Waals surface area (Å²) in [6, 6.07) is 23.5. The molecule has 0 radical (unpaired) electrons. The van der Waals surface area contributed by atoms with E-state index in [2.05, 4.69) is 22.7 Å². The Morgan fingerprint density at radius 1 is 0.897 bits per heavy atom. The molecular formula is C24H22N2O3. The molecule has 0 atom stereocenters. The summed E-state index contributed by atoms with van der Waals surface area (Å²) in [6.07, 6.45) is 3.27. The summed E-state index contributed by atoms with van der Waals surface area (Å²) in [4.78, 5) is 12.6. The molecule has 1 aliphatic rings. The molecule has 1 aliphatic heterocycles. The maximum absolute atomic E-state index is 12.6. The van der Waals surface area contributed by atoms with Crippen LogP contribution < -0.4 is 14.9 Å². The third kappa shape index (κ3) is 4.82. The van der Waals surface area contributed by atoms with Crippen LogP contribution in [0.2, 0.25) is 0 Å². The van der Waals surface area contributed by atoms with Gasteiger partial charge in [-0.1, -0.05) is 48.5 Å². The predicted molar refractivity (Wildman–Crippen MR) is 113 cm³/mol. The highest BCUT2D eigenvalue weighted by Gasteiger charge is 2.12. The van der Waals surface area contributed by atoms with Gasteiger partial charge in [-0.15, -0.1) is 0 Å². The predicted octanol–water partition coefficient (Wildman–Crippen LogP) is 4.01. The first-order valence-corrected chi connectivity index (χ1v) is 9.64. The summed E-state index contributed by atoms with van der Waals surface area (Å²) in [7, 11) is 0. The average Bonchev–Trinajstić information content (AvgIpc) is 2.78. The number of benzene rings is 3. The number of hydrogen-bond acceptors (Lipinski definition) is 4. The van der Waals surface area contributed by atoms with E-state index in [1.807, 2.05) is 60.7 Å². The molecule has 5 nitrogen and oxygen atoms in total. The molecule has 0 aromatic heterocycles. The van der Waals surface area contributed by atoms with E-state index in [0.717, 1.165) is 29.7 Å². The third-order valence-corrected chi connectivity index (χ3v) is 4.73. The van der Waals surface area contributed by atoms with Crippen molar-refractivity contribution in [3.05, 3.63) is 95.1 Å². The molecule has 0 bridgehead atoms. The van der Waals surface area contributed by atoms with Gasteiger partial charge >= 0.3 is 0 Å².